The zero-order valence-electron chi connectivity index (χ0n) is 11.1. The molecule has 2 aliphatic carbocycles. The van der Waals surface area contributed by atoms with Crippen LogP contribution in [0.4, 0.5) is 0 Å². The molecule has 2 rings (SSSR count). The molecule has 0 atom stereocenters. The summed E-state index contributed by atoms with van der Waals surface area (Å²) in [6.45, 7) is 4.59. The van der Waals surface area contributed by atoms with Crippen molar-refractivity contribution in [3.8, 4) is 0 Å². The minimum atomic E-state index is 0. The number of rotatable bonds is 2. The standard InChI is InChI=1S/C16H28.2H2/c1-3-4-14-7-11-16(12-8-14)15-9-5-13(2)6-10-15;;/h3-4,13-16H,5-12H2,1-2H3;2*1H/b4-3+;;. The smallest absolute Gasteiger partial charge is 0 e. The van der Waals surface area contributed by atoms with Crippen molar-refractivity contribution in [2.24, 2.45) is 23.7 Å². The van der Waals surface area contributed by atoms with E-state index in [-0.39, 0.29) is 2.85 Å². The van der Waals surface area contributed by atoms with Crippen LogP contribution in [0, 0.1) is 23.7 Å². The van der Waals surface area contributed by atoms with E-state index in [2.05, 4.69) is 26.0 Å². The molecule has 0 aromatic rings. The molecule has 0 heteroatoms. The highest BCUT2D eigenvalue weighted by atomic mass is 14.3. The van der Waals surface area contributed by atoms with E-state index in [1.807, 2.05) is 0 Å². The van der Waals surface area contributed by atoms with Crippen molar-refractivity contribution in [2.75, 3.05) is 0 Å². The van der Waals surface area contributed by atoms with Crippen molar-refractivity contribution in [3.05, 3.63) is 12.2 Å². The molecule has 0 aliphatic heterocycles. The Bertz CT molecular complexity index is 221. The average Bonchev–Trinajstić information content (AvgIpc) is 2.32. The molecule has 0 N–H and O–H groups in total. The predicted octanol–water partition coefficient (Wildman–Crippen LogP) is 5.69. The molecule has 0 amide bonds. The van der Waals surface area contributed by atoms with Gasteiger partial charge in [0.2, 0.25) is 0 Å². The van der Waals surface area contributed by atoms with Gasteiger partial charge in [0.25, 0.3) is 0 Å². The summed E-state index contributed by atoms with van der Waals surface area (Å²) < 4.78 is 0. The van der Waals surface area contributed by atoms with E-state index in [1.165, 1.54) is 51.4 Å². The molecule has 0 heterocycles. The number of allylic oxidation sites excluding steroid dienone is 2. The van der Waals surface area contributed by atoms with Crippen LogP contribution in [0.1, 0.15) is 68.1 Å². The molecule has 16 heavy (non-hydrogen) atoms. The van der Waals surface area contributed by atoms with Gasteiger partial charge < -0.3 is 0 Å². The summed E-state index contributed by atoms with van der Waals surface area (Å²) in [5, 5.41) is 0. The molecule has 2 fully saturated rings. The first-order valence-electron chi connectivity index (χ1n) is 7.42. The molecule has 0 nitrogen and oxygen atoms in total. The number of hydrogen-bond donors (Lipinski definition) is 0. The first-order chi connectivity index (χ1) is 7.79. The lowest BCUT2D eigenvalue weighted by Gasteiger charge is -2.36. The summed E-state index contributed by atoms with van der Waals surface area (Å²) in [5.74, 6) is 4.08. The van der Waals surface area contributed by atoms with Gasteiger partial charge in [0.15, 0.2) is 0 Å². The Balaban J connectivity index is 0.00000144. The summed E-state index contributed by atoms with van der Waals surface area (Å²) in [6, 6.07) is 0. The highest BCUT2D eigenvalue weighted by Gasteiger charge is 2.28. The third-order valence-corrected chi connectivity index (χ3v) is 5.01. The normalized spacial score (nSPS) is 41.4. The van der Waals surface area contributed by atoms with Crippen LogP contribution >= 0.6 is 0 Å². The summed E-state index contributed by atoms with van der Waals surface area (Å²) in [4.78, 5) is 0. The van der Waals surface area contributed by atoms with Crippen molar-refractivity contribution in [3.63, 3.8) is 0 Å². The highest BCUT2D eigenvalue weighted by molar-refractivity contribution is 4.90. The van der Waals surface area contributed by atoms with E-state index >= 15 is 0 Å². The molecule has 0 bridgehead atoms. The zero-order chi connectivity index (χ0) is 11.4. The highest BCUT2D eigenvalue weighted by Crippen LogP contribution is 2.41. The maximum Gasteiger partial charge on any atom is 0 e. The topological polar surface area (TPSA) is 0 Å². The van der Waals surface area contributed by atoms with Gasteiger partial charge in [0.1, 0.15) is 0 Å². The third kappa shape index (κ3) is 3.12. The molecule has 0 spiro atoms. The van der Waals surface area contributed by atoms with E-state index in [0.717, 1.165) is 23.7 Å². The van der Waals surface area contributed by atoms with Gasteiger partial charge in [0.05, 0.1) is 0 Å². The Morgan fingerprint density at radius 1 is 0.812 bits per heavy atom. The zero-order valence-corrected chi connectivity index (χ0v) is 11.1. The molecule has 2 aliphatic rings. The van der Waals surface area contributed by atoms with Gasteiger partial charge in [-0.1, -0.05) is 31.9 Å². The van der Waals surface area contributed by atoms with E-state index in [4.69, 9.17) is 0 Å². The van der Waals surface area contributed by atoms with E-state index in [1.54, 1.807) is 0 Å². The van der Waals surface area contributed by atoms with Crippen LogP contribution in [-0.4, -0.2) is 0 Å². The maximum absolute atomic E-state index is 2.43. The fourth-order valence-corrected chi connectivity index (χ4v) is 3.84. The predicted molar refractivity (Wildman–Crippen MR) is 75.6 cm³/mol. The lowest BCUT2D eigenvalue weighted by atomic mass is 9.69. The van der Waals surface area contributed by atoms with Crippen molar-refractivity contribution in [2.45, 2.75) is 65.2 Å². The molecule has 96 valence electrons. The Morgan fingerprint density at radius 3 is 1.81 bits per heavy atom. The van der Waals surface area contributed by atoms with Gasteiger partial charge >= 0.3 is 0 Å². The Labute approximate surface area is 104 Å². The molecule has 0 unspecified atom stereocenters. The molecule has 0 aromatic carbocycles. The first kappa shape index (κ1) is 12.2. The summed E-state index contributed by atoms with van der Waals surface area (Å²) in [7, 11) is 0. The molecule has 0 saturated heterocycles. The molecular weight excluding hydrogens is 192 g/mol. The molecule has 2 saturated carbocycles. The third-order valence-electron chi connectivity index (χ3n) is 5.01. The van der Waals surface area contributed by atoms with Crippen LogP contribution in [0.5, 0.6) is 0 Å². The van der Waals surface area contributed by atoms with Gasteiger partial charge in [0, 0.05) is 2.85 Å². The van der Waals surface area contributed by atoms with E-state index < -0.39 is 0 Å². The van der Waals surface area contributed by atoms with Crippen LogP contribution in [-0.2, 0) is 0 Å². The van der Waals surface area contributed by atoms with Crippen molar-refractivity contribution < 1.29 is 2.85 Å². The summed E-state index contributed by atoms with van der Waals surface area (Å²) in [6.07, 6.45) is 16.7. The molecular formula is C16H32. The second-order valence-electron chi connectivity index (χ2n) is 6.22. The second-order valence-corrected chi connectivity index (χ2v) is 6.22. The lowest BCUT2D eigenvalue weighted by molar-refractivity contribution is 0.160. The number of hydrogen-bond acceptors (Lipinski definition) is 0. The summed E-state index contributed by atoms with van der Waals surface area (Å²) >= 11 is 0. The average molecular weight is 224 g/mol. The van der Waals surface area contributed by atoms with E-state index in [9.17, 15) is 0 Å². The fourth-order valence-electron chi connectivity index (χ4n) is 3.84. The van der Waals surface area contributed by atoms with Crippen LogP contribution < -0.4 is 0 Å². The minimum absolute atomic E-state index is 0. The monoisotopic (exact) mass is 224 g/mol. The van der Waals surface area contributed by atoms with Crippen molar-refractivity contribution >= 4 is 0 Å². The lowest BCUT2D eigenvalue weighted by Crippen LogP contribution is -2.24. The van der Waals surface area contributed by atoms with Gasteiger partial charge in [-0.05, 0) is 69.1 Å². The first-order valence-corrected chi connectivity index (χ1v) is 7.42. The van der Waals surface area contributed by atoms with Gasteiger partial charge in [-0.3, -0.25) is 0 Å². The molecule has 0 radical (unpaired) electrons. The second kappa shape index (κ2) is 5.89. The maximum atomic E-state index is 2.43. The van der Waals surface area contributed by atoms with Gasteiger partial charge in [-0.15, -0.1) is 0 Å². The van der Waals surface area contributed by atoms with Crippen LogP contribution in [0.15, 0.2) is 12.2 Å². The van der Waals surface area contributed by atoms with Crippen LogP contribution in [0.25, 0.3) is 0 Å². The molecule has 0 aromatic heterocycles. The Morgan fingerprint density at radius 2 is 1.31 bits per heavy atom. The van der Waals surface area contributed by atoms with Gasteiger partial charge in [-0.2, -0.15) is 0 Å². The van der Waals surface area contributed by atoms with Crippen LogP contribution in [0.3, 0.4) is 0 Å². The van der Waals surface area contributed by atoms with Gasteiger partial charge in [-0.25, -0.2) is 0 Å². The fraction of sp³-hybridized carbons (Fsp3) is 0.875. The minimum Gasteiger partial charge on any atom is -0.0914 e. The summed E-state index contributed by atoms with van der Waals surface area (Å²) in [5.41, 5.74) is 0. The van der Waals surface area contributed by atoms with Crippen molar-refractivity contribution in [1.82, 2.24) is 0 Å². The largest absolute Gasteiger partial charge is 0.0914 e. The Hall–Kier alpha value is -0.260. The van der Waals surface area contributed by atoms with Crippen molar-refractivity contribution in [1.29, 1.82) is 0 Å². The quantitative estimate of drug-likeness (QED) is 0.529. The van der Waals surface area contributed by atoms with E-state index in [0.29, 0.717) is 0 Å². The Kier molecular flexibility index (Phi) is 4.49. The SMILES string of the molecule is C/C=C/C1CCC(C2CCC(C)CC2)CC1.[HH].[HH]. The van der Waals surface area contributed by atoms with Crippen LogP contribution in [0.2, 0.25) is 0 Å².